The first-order chi connectivity index (χ1) is 11.8. The zero-order valence-electron chi connectivity index (χ0n) is 14.0. The van der Waals surface area contributed by atoms with Crippen LogP contribution >= 0.6 is 0 Å². The number of fused-ring (bicyclic) bond motifs is 1. The molecule has 0 amide bonds. The smallest absolute Gasteiger partial charge is 0.0746 e. The van der Waals surface area contributed by atoms with Crippen molar-refractivity contribution in [3.8, 4) is 0 Å². The molecule has 122 valence electrons. The van der Waals surface area contributed by atoms with Crippen LogP contribution in [0.3, 0.4) is 0 Å². The highest BCUT2D eigenvalue weighted by Crippen LogP contribution is 2.31. The molecule has 1 aromatic carbocycles. The van der Waals surface area contributed by atoms with Gasteiger partial charge in [-0.15, -0.1) is 0 Å². The number of hydrogen-bond acceptors (Lipinski definition) is 4. The lowest BCUT2D eigenvalue weighted by atomic mass is 10.1. The maximum absolute atomic E-state index is 4.75. The molecule has 0 bridgehead atoms. The van der Waals surface area contributed by atoms with Gasteiger partial charge in [-0.25, -0.2) is 0 Å². The molecule has 4 nitrogen and oxygen atoms in total. The van der Waals surface area contributed by atoms with E-state index in [0.29, 0.717) is 0 Å². The molecule has 1 saturated heterocycles. The second-order valence-corrected chi connectivity index (χ2v) is 6.42. The first-order valence-corrected chi connectivity index (χ1v) is 8.59. The fourth-order valence-corrected chi connectivity index (χ4v) is 3.37. The van der Waals surface area contributed by atoms with E-state index < -0.39 is 0 Å². The molecule has 1 fully saturated rings. The Hall–Kier alpha value is -2.62. The molecule has 0 atom stereocenters. The van der Waals surface area contributed by atoms with Gasteiger partial charge in [-0.2, -0.15) is 0 Å². The molecular formula is C20H22N4. The fraction of sp³-hybridized carbons (Fsp3) is 0.300. The minimum absolute atomic E-state index is 0.791. The van der Waals surface area contributed by atoms with E-state index in [1.807, 2.05) is 24.5 Å². The maximum Gasteiger partial charge on any atom is 0.0746 e. The summed E-state index contributed by atoms with van der Waals surface area (Å²) in [4.78, 5) is 11.3. The van der Waals surface area contributed by atoms with Crippen molar-refractivity contribution in [1.29, 1.82) is 0 Å². The molecule has 2 aromatic heterocycles. The average Bonchev–Trinajstić information content (AvgIpc) is 3.14. The Bertz CT molecular complexity index is 839. The lowest BCUT2D eigenvalue weighted by Gasteiger charge is -2.20. The zero-order chi connectivity index (χ0) is 16.4. The molecule has 24 heavy (non-hydrogen) atoms. The van der Waals surface area contributed by atoms with Gasteiger partial charge in [0.15, 0.2) is 0 Å². The molecule has 0 saturated carbocycles. The highest BCUT2D eigenvalue weighted by atomic mass is 15.1. The summed E-state index contributed by atoms with van der Waals surface area (Å²) in [5.41, 5.74) is 5.80. The topological polar surface area (TPSA) is 41.0 Å². The van der Waals surface area contributed by atoms with E-state index >= 15 is 0 Å². The third kappa shape index (κ3) is 3.04. The van der Waals surface area contributed by atoms with Gasteiger partial charge in [-0.1, -0.05) is 0 Å². The summed E-state index contributed by atoms with van der Waals surface area (Å²) in [6.45, 7) is 5.18. The van der Waals surface area contributed by atoms with E-state index in [1.165, 1.54) is 29.5 Å². The van der Waals surface area contributed by atoms with Gasteiger partial charge in [0, 0.05) is 54.5 Å². The number of nitrogens with one attached hydrogen (secondary N) is 1. The molecule has 3 heterocycles. The van der Waals surface area contributed by atoms with Crippen LogP contribution in [0.15, 0.2) is 48.8 Å². The molecule has 4 rings (SSSR count). The van der Waals surface area contributed by atoms with E-state index in [1.54, 1.807) is 0 Å². The van der Waals surface area contributed by atoms with Crippen molar-refractivity contribution in [2.75, 3.05) is 23.3 Å². The van der Waals surface area contributed by atoms with Gasteiger partial charge in [0.25, 0.3) is 0 Å². The van der Waals surface area contributed by atoms with Gasteiger partial charge < -0.3 is 10.2 Å². The van der Waals surface area contributed by atoms with E-state index in [4.69, 9.17) is 4.98 Å². The number of aryl methyl sites for hydroxylation is 1. The summed E-state index contributed by atoms with van der Waals surface area (Å²) in [6, 6.07) is 12.8. The minimum Gasteiger partial charge on any atom is -0.381 e. The van der Waals surface area contributed by atoms with Crippen LogP contribution in [0.25, 0.3) is 10.9 Å². The third-order valence-electron chi connectivity index (χ3n) is 4.61. The number of hydrogen-bond donors (Lipinski definition) is 1. The number of benzene rings is 1. The first kappa shape index (κ1) is 14.9. The van der Waals surface area contributed by atoms with Crippen molar-refractivity contribution < 1.29 is 0 Å². The number of nitrogens with zero attached hydrogens (tertiary/aromatic N) is 3. The number of aromatic nitrogens is 2. The first-order valence-electron chi connectivity index (χ1n) is 8.59. The van der Waals surface area contributed by atoms with Crippen LogP contribution in [0, 0.1) is 6.92 Å². The van der Waals surface area contributed by atoms with Gasteiger partial charge in [0.1, 0.15) is 0 Å². The Labute approximate surface area is 142 Å². The molecule has 1 N–H and O–H groups in total. The molecule has 4 heteroatoms. The number of anilines is 2. The molecule has 0 aliphatic carbocycles. The van der Waals surface area contributed by atoms with Gasteiger partial charge >= 0.3 is 0 Å². The molecular weight excluding hydrogens is 296 g/mol. The third-order valence-corrected chi connectivity index (χ3v) is 4.61. The molecule has 1 aliphatic rings. The predicted molar refractivity (Wildman–Crippen MR) is 99.5 cm³/mol. The van der Waals surface area contributed by atoms with Crippen molar-refractivity contribution in [2.24, 2.45) is 0 Å². The lowest BCUT2D eigenvalue weighted by molar-refractivity contribution is 0.949. The van der Waals surface area contributed by atoms with Crippen LogP contribution in [0.4, 0.5) is 11.4 Å². The van der Waals surface area contributed by atoms with E-state index in [-0.39, 0.29) is 0 Å². The van der Waals surface area contributed by atoms with Gasteiger partial charge in [-0.3, -0.25) is 9.97 Å². The van der Waals surface area contributed by atoms with E-state index in [0.717, 1.165) is 36.5 Å². The predicted octanol–water partition coefficient (Wildman–Crippen LogP) is 4.15. The van der Waals surface area contributed by atoms with E-state index in [9.17, 15) is 0 Å². The molecule has 3 aromatic rings. The van der Waals surface area contributed by atoms with Gasteiger partial charge in [-0.05, 0) is 61.7 Å². The van der Waals surface area contributed by atoms with Crippen molar-refractivity contribution in [2.45, 2.75) is 26.3 Å². The second-order valence-electron chi connectivity index (χ2n) is 6.42. The van der Waals surface area contributed by atoms with E-state index in [2.05, 4.69) is 46.4 Å². The van der Waals surface area contributed by atoms with Crippen LogP contribution in [0.5, 0.6) is 0 Å². The maximum atomic E-state index is 4.75. The number of rotatable bonds is 4. The fourth-order valence-electron chi connectivity index (χ4n) is 3.37. The highest BCUT2D eigenvalue weighted by molar-refractivity contribution is 5.94. The SMILES string of the molecule is Cc1cc(N2CCCC2)c2ccc(NCc3ccncc3)cc2n1. The zero-order valence-corrected chi connectivity index (χ0v) is 14.0. The van der Waals surface area contributed by atoms with Gasteiger partial charge in [0.2, 0.25) is 0 Å². The van der Waals surface area contributed by atoms with Gasteiger partial charge in [0.05, 0.1) is 5.52 Å². The van der Waals surface area contributed by atoms with Crippen LogP contribution in [0.1, 0.15) is 24.1 Å². The summed E-state index contributed by atoms with van der Waals surface area (Å²) < 4.78 is 0. The summed E-state index contributed by atoms with van der Waals surface area (Å²) >= 11 is 0. The molecule has 0 radical (unpaired) electrons. The Balaban J connectivity index is 1.63. The van der Waals surface area contributed by atoms with Crippen molar-refractivity contribution in [3.63, 3.8) is 0 Å². The van der Waals surface area contributed by atoms with Crippen LogP contribution in [0.2, 0.25) is 0 Å². The molecule has 1 aliphatic heterocycles. The van der Waals surface area contributed by atoms with Crippen LogP contribution < -0.4 is 10.2 Å². The molecule has 0 unspecified atom stereocenters. The van der Waals surface area contributed by atoms with Crippen molar-refractivity contribution in [3.05, 3.63) is 60.0 Å². The van der Waals surface area contributed by atoms with Crippen LogP contribution in [-0.4, -0.2) is 23.1 Å². The normalized spacial score (nSPS) is 14.3. The lowest BCUT2D eigenvalue weighted by Crippen LogP contribution is -2.18. The van der Waals surface area contributed by atoms with Crippen molar-refractivity contribution >= 4 is 22.3 Å². The Morgan fingerprint density at radius 3 is 2.62 bits per heavy atom. The molecule has 0 spiro atoms. The Morgan fingerprint density at radius 2 is 1.83 bits per heavy atom. The summed E-state index contributed by atoms with van der Waals surface area (Å²) in [5.74, 6) is 0. The summed E-state index contributed by atoms with van der Waals surface area (Å²) in [7, 11) is 0. The van der Waals surface area contributed by atoms with Crippen molar-refractivity contribution in [1.82, 2.24) is 9.97 Å². The highest BCUT2D eigenvalue weighted by Gasteiger charge is 2.16. The second kappa shape index (κ2) is 6.48. The quantitative estimate of drug-likeness (QED) is 0.784. The summed E-state index contributed by atoms with van der Waals surface area (Å²) in [6.07, 6.45) is 6.22. The summed E-state index contributed by atoms with van der Waals surface area (Å²) in [5, 5.41) is 4.73. The average molecular weight is 318 g/mol. The number of pyridine rings is 2. The largest absolute Gasteiger partial charge is 0.381 e. The Morgan fingerprint density at radius 1 is 1.04 bits per heavy atom. The standard InChI is InChI=1S/C20H22N4/c1-15-12-20(24-10-2-3-11-24)18-5-4-17(13-19(18)23-15)22-14-16-6-8-21-9-7-16/h4-9,12-13,22H,2-3,10-11,14H2,1H3. The minimum atomic E-state index is 0.791. The Kier molecular flexibility index (Phi) is 4.03. The monoisotopic (exact) mass is 318 g/mol. The van der Waals surface area contributed by atoms with Crippen LogP contribution in [-0.2, 0) is 6.54 Å².